The molecule has 2 aromatic rings. The molecule has 1 aliphatic rings. The van der Waals surface area contributed by atoms with Crippen molar-refractivity contribution in [3.8, 4) is 0 Å². The van der Waals surface area contributed by atoms with E-state index in [9.17, 15) is 9.59 Å². The molecule has 0 spiro atoms. The molecule has 138 valence electrons. The van der Waals surface area contributed by atoms with Crippen LogP contribution in [0.15, 0.2) is 30.3 Å². The molecule has 2 N–H and O–H groups in total. The monoisotopic (exact) mass is 357 g/mol. The van der Waals surface area contributed by atoms with Crippen LogP contribution in [0, 0.1) is 12.8 Å². The van der Waals surface area contributed by atoms with Crippen molar-refractivity contribution in [1.29, 1.82) is 0 Å². The van der Waals surface area contributed by atoms with E-state index in [0.29, 0.717) is 31.4 Å². The fourth-order valence-electron chi connectivity index (χ4n) is 2.90. The molecule has 0 aliphatic carbocycles. The van der Waals surface area contributed by atoms with Crippen molar-refractivity contribution in [2.24, 2.45) is 5.92 Å². The average molecular weight is 357 g/mol. The Hall–Kier alpha value is -2.90. The van der Waals surface area contributed by atoms with E-state index in [1.165, 1.54) is 0 Å². The summed E-state index contributed by atoms with van der Waals surface area (Å²) in [5, 5.41) is 9.31. The molecule has 0 bridgehead atoms. The number of H-pyrrole nitrogens is 1. The lowest BCUT2D eigenvalue weighted by Gasteiger charge is -2.31. The van der Waals surface area contributed by atoms with Crippen molar-refractivity contribution < 1.29 is 14.3 Å². The third-order valence-corrected chi connectivity index (χ3v) is 4.44. The third-order valence-electron chi connectivity index (χ3n) is 4.44. The number of carbonyl (C=O) groups is 2. The number of nitrogens with one attached hydrogen (secondary N) is 2. The maximum atomic E-state index is 12.1. The van der Waals surface area contributed by atoms with Crippen molar-refractivity contribution in [3.63, 3.8) is 0 Å². The van der Waals surface area contributed by atoms with Crippen LogP contribution in [0.5, 0.6) is 0 Å². The summed E-state index contributed by atoms with van der Waals surface area (Å²) >= 11 is 0. The Labute approximate surface area is 151 Å². The molecule has 8 heteroatoms. The van der Waals surface area contributed by atoms with Gasteiger partial charge in [-0.2, -0.15) is 5.10 Å². The minimum Gasteiger partial charge on any atom is -0.445 e. The van der Waals surface area contributed by atoms with Gasteiger partial charge in [0.2, 0.25) is 5.82 Å². The van der Waals surface area contributed by atoms with Gasteiger partial charge in [-0.15, -0.1) is 0 Å². The molecule has 1 aromatic carbocycles. The number of aromatic amines is 1. The fraction of sp³-hybridized carbons (Fsp3) is 0.444. The average Bonchev–Trinajstić information content (AvgIpc) is 3.12. The number of benzene rings is 1. The van der Waals surface area contributed by atoms with Gasteiger partial charge in [0.1, 0.15) is 12.4 Å². The molecule has 1 fully saturated rings. The van der Waals surface area contributed by atoms with Crippen LogP contribution in [0.3, 0.4) is 0 Å². The van der Waals surface area contributed by atoms with Gasteiger partial charge in [0.15, 0.2) is 0 Å². The first-order valence-corrected chi connectivity index (χ1v) is 8.74. The first kappa shape index (κ1) is 17.9. The van der Waals surface area contributed by atoms with E-state index in [1.54, 1.807) is 11.8 Å². The van der Waals surface area contributed by atoms with E-state index in [0.717, 1.165) is 18.4 Å². The summed E-state index contributed by atoms with van der Waals surface area (Å²) < 4.78 is 5.36. The largest absolute Gasteiger partial charge is 0.445 e. The van der Waals surface area contributed by atoms with E-state index in [4.69, 9.17) is 4.74 Å². The van der Waals surface area contributed by atoms with Gasteiger partial charge >= 0.3 is 6.09 Å². The molecular formula is C18H23N5O3. The summed E-state index contributed by atoms with van der Waals surface area (Å²) in [5.41, 5.74) is 0.973. The molecule has 3 rings (SSSR count). The number of likely N-dealkylation sites (tertiary alicyclic amines) is 1. The Morgan fingerprint density at radius 2 is 2.00 bits per heavy atom. The fourth-order valence-corrected chi connectivity index (χ4v) is 2.90. The van der Waals surface area contributed by atoms with Gasteiger partial charge in [0.05, 0.1) is 0 Å². The normalized spacial score (nSPS) is 14.9. The molecular weight excluding hydrogens is 334 g/mol. The van der Waals surface area contributed by atoms with Gasteiger partial charge < -0.3 is 15.0 Å². The number of ether oxygens (including phenoxy) is 1. The zero-order valence-corrected chi connectivity index (χ0v) is 14.8. The standard InChI is InChI=1S/C18H23N5O3/c1-13-20-16(22-21-13)17(24)19-11-14-7-9-23(10-8-14)18(25)26-12-15-5-3-2-4-6-15/h2-6,14H,7-12H2,1H3,(H,19,24)(H,20,21,22). The van der Waals surface area contributed by atoms with E-state index >= 15 is 0 Å². The number of piperidine rings is 1. The summed E-state index contributed by atoms with van der Waals surface area (Å²) in [6, 6.07) is 9.63. The highest BCUT2D eigenvalue weighted by Crippen LogP contribution is 2.17. The molecule has 8 nitrogen and oxygen atoms in total. The lowest BCUT2D eigenvalue weighted by atomic mass is 9.97. The second kappa shape index (κ2) is 8.46. The quantitative estimate of drug-likeness (QED) is 0.851. The number of hydrogen-bond acceptors (Lipinski definition) is 5. The van der Waals surface area contributed by atoms with Gasteiger partial charge in [0.25, 0.3) is 5.91 Å². The number of rotatable bonds is 5. The Balaban J connectivity index is 1.37. The van der Waals surface area contributed by atoms with Crippen LogP contribution in [0.1, 0.15) is 34.8 Å². The highest BCUT2D eigenvalue weighted by atomic mass is 16.6. The topological polar surface area (TPSA) is 100 Å². The zero-order valence-electron chi connectivity index (χ0n) is 14.8. The molecule has 0 radical (unpaired) electrons. The van der Waals surface area contributed by atoms with Crippen LogP contribution >= 0.6 is 0 Å². The third kappa shape index (κ3) is 4.81. The van der Waals surface area contributed by atoms with Crippen LogP contribution in [0.4, 0.5) is 4.79 Å². The van der Waals surface area contributed by atoms with Gasteiger partial charge in [-0.25, -0.2) is 9.78 Å². The van der Waals surface area contributed by atoms with Gasteiger partial charge in [-0.1, -0.05) is 30.3 Å². The van der Waals surface area contributed by atoms with Crippen molar-refractivity contribution in [1.82, 2.24) is 25.4 Å². The van der Waals surface area contributed by atoms with Crippen molar-refractivity contribution >= 4 is 12.0 Å². The van der Waals surface area contributed by atoms with Crippen molar-refractivity contribution in [2.45, 2.75) is 26.4 Å². The summed E-state index contributed by atoms with van der Waals surface area (Å²) in [5.74, 6) is 0.846. The molecule has 0 atom stereocenters. The predicted molar refractivity (Wildman–Crippen MR) is 94.4 cm³/mol. The lowest BCUT2D eigenvalue weighted by Crippen LogP contribution is -2.41. The molecule has 2 heterocycles. The van der Waals surface area contributed by atoms with Crippen molar-refractivity contribution in [3.05, 3.63) is 47.5 Å². The zero-order chi connectivity index (χ0) is 18.4. The lowest BCUT2D eigenvalue weighted by molar-refractivity contribution is 0.0799. The molecule has 0 saturated carbocycles. The Kier molecular flexibility index (Phi) is 5.83. The minimum atomic E-state index is -0.284. The number of amides is 2. The van der Waals surface area contributed by atoms with Gasteiger partial charge in [-0.3, -0.25) is 9.89 Å². The minimum absolute atomic E-state index is 0.226. The second-order valence-corrected chi connectivity index (χ2v) is 6.41. The van der Waals surface area contributed by atoms with Gasteiger partial charge in [0, 0.05) is 19.6 Å². The molecule has 1 aromatic heterocycles. The van der Waals surface area contributed by atoms with Crippen LogP contribution in [0.25, 0.3) is 0 Å². The number of aryl methyl sites for hydroxylation is 1. The molecule has 2 amide bonds. The Bertz CT molecular complexity index is 738. The van der Waals surface area contributed by atoms with Crippen LogP contribution in [0.2, 0.25) is 0 Å². The van der Waals surface area contributed by atoms with Crippen molar-refractivity contribution in [2.75, 3.05) is 19.6 Å². The molecule has 26 heavy (non-hydrogen) atoms. The Morgan fingerprint density at radius 1 is 1.27 bits per heavy atom. The first-order chi connectivity index (χ1) is 12.6. The van der Waals surface area contributed by atoms with Crippen LogP contribution < -0.4 is 5.32 Å². The molecule has 1 aliphatic heterocycles. The summed E-state index contributed by atoms with van der Waals surface area (Å²) in [6.45, 7) is 3.84. The molecule has 0 unspecified atom stereocenters. The first-order valence-electron chi connectivity index (χ1n) is 8.74. The molecule has 1 saturated heterocycles. The number of hydrogen-bond donors (Lipinski definition) is 2. The summed E-state index contributed by atoms with van der Waals surface area (Å²) in [6.07, 6.45) is 1.38. The smallest absolute Gasteiger partial charge is 0.410 e. The SMILES string of the molecule is Cc1n[nH]c(C(=O)NCC2CCN(C(=O)OCc3ccccc3)CC2)n1. The maximum Gasteiger partial charge on any atom is 0.410 e. The predicted octanol–water partition coefficient (Wildman–Crippen LogP) is 1.89. The van der Waals surface area contributed by atoms with E-state index in [-0.39, 0.29) is 24.4 Å². The highest BCUT2D eigenvalue weighted by molar-refractivity contribution is 5.90. The van der Waals surface area contributed by atoms with E-state index in [2.05, 4.69) is 20.5 Å². The summed E-state index contributed by atoms with van der Waals surface area (Å²) in [4.78, 5) is 29.8. The van der Waals surface area contributed by atoms with Crippen LogP contribution in [-0.4, -0.2) is 51.7 Å². The number of carbonyl (C=O) groups excluding carboxylic acids is 2. The van der Waals surface area contributed by atoms with Gasteiger partial charge in [-0.05, 0) is 31.2 Å². The highest BCUT2D eigenvalue weighted by Gasteiger charge is 2.24. The Morgan fingerprint density at radius 3 is 2.65 bits per heavy atom. The van der Waals surface area contributed by atoms with E-state index < -0.39 is 0 Å². The number of aromatic nitrogens is 3. The maximum absolute atomic E-state index is 12.1. The van der Waals surface area contributed by atoms with E-state index in [1.807, 2.05) is 30.3 Å². The summed E-state index contributed by atoms with van der Waals surface area (Å²) in [7, 11) is 0. The number of nitrogens with zero attached hydrogens (tertiary/aromatic N) is 3. The second-order valence-electron chi connectivity index (χ2n) is 6.41. The van der Waals surface area contributed by atoms with Crippen LogP contribution in [-0.2, 0) is 11.3 Å².